The lowest BCUT2D eigenvalue weighted by Gasteiger charge is -2.30. The zero-order valence-electron chi connectivity index (χ0n) is 12.5. The van der Waals surface area contributed by atoms with Crippen molar-refractivity contribution in [1.29, 1.82) is 0 Å². The molecule has 128 valence electrons. The first-order chi connectivity index (χ1) is 10.7. The Labute approximate surface area is 146 Å². The Morgan fingerprint density at radius 3 is 2.83 bits per heavy atom. The van der Waals surface area contributed by atoms with Crippen LogP contribution in [0.15, 0.2) is 24.3 Å². The third-order valence-electron chi connectivity index (χ3n) is 3.41. The van der Waals surface area contributed by atoms with E-state index in [9.17, 15) is 9.59 Å². The van der Waals surface area contributed by atoms with Gasteiger partial charge in [-0.2, -0.15) is 0 Å². The summed E-state index contributed by atoms with van der Waals surface area (Å²) in [4.78, 5) is 22.1. The number of carbonyl (C=O) groups is 2. The van der Waals surface area contributed by atoms with Crippen molar-refractivity contribution in [3.05, 3.63) is 29.3 Å². The highest BCUT2D eigenvalue weighted by Gasteiger charge is 2.23. The summed E-state index contributed by atoms with van der Waals surface area (Å²) in [5.74, 6) is 0.430. The predicted molar refractivity (Wildman–Crippen MR) is 89.2 cm³/mol. The Bertz CT molecular complexity index is 499. The monoisotopic (exact) mass is 362 g/mol. The van der Waals surface area contributed by atoms with Gasteiger partial charge in [0.2, 0.25) is 0 Å². The van der Waals surface area contributed by atoms with Gasteiger partial charge in [-0.1, -0.05) is 11.6 Å². The number of halogens is 2. The van der Waals surface area contributed by atoms with Gasteiger partial charge >= 0.3 is 0 Å². The Morgan fingerprint density at radius 2 is 2.13 bits per heavy atom. The minimum absolute atomic E-state index is 0. The first-order valence-corrected chi connectivity index (χ1v) is 7.51. The van der Waals surface area contributed by atoms with Crippen LogP contribution in [0.1, 0.15) is 12.8 Å². The van der Waals surface area contributed by atoms with E-state index in [0.717, 1.165) is 19.4 Å². The average Bonchev–Trinajstić information content (AvgIpc) is 2.53. The van der Waals surface area contributed by atoms with Gasteiger partial charge in [-0.15, -0.1) is 12.4 Å². The third kappa shape index (κ3) is 7.07. The lowest BCUT2D eigenvalue weighted by Crippen LogP contribution is -2.50. The van der Waals surface area contributed by atoms with Gasteiger partial charge < -0.3 is 20.1 Å². The summed E-state index contributed by atoms with van der Waals surface area (Å²) in [6, 6.07) is 6.97. The zero-order valence-corrected chi connectivity index (χ0v) is 14.1. The Balaban J connectivity index is 0.00000264. The molecule has 1 saturated heterocycles. The van der Waals surface area contributed by atoms with Gasteiger partial charge in [-0.05, 0) is 43.7 Å². The molecule has 1 aromatic carbocycles. The average molecular weight is 363 g/mol. The molecule has 0 saturated carbocycles. The van der Waals surface area contributed by atoms with Gasteiger partial charge in [0.05, 0.1) is 0 Å². The van der Waals surface area contributed by atoms with Gasteiger partial charge in [0.15, 0.2) is 6.61 Å². The maximum atomic E-state index is 11.9. The number of hydrogen-bond donors (Lipinski definition) is 2. The van der Waals surface area contributed by atoms with Gasteiger partial charge in [0.25, 0.3) is 12.4 Å². The van der Waals surface area contributed by atoms with Crippen LogP contribution in [-0.2, 0) is 14.3 Å². The smallest absolute Gasteiger partial charge is 0.293 e. The van der Waals surface area contributed by atoms with Crippen LogP contribution < -0.4 is 15.4 Å². The number of amides is 1. The fourth-order valence-corrected chi connectivity index (χ4v) is 2.49. The first kappa shape index (κ1) is 19.5. The molecule has 6 nitrogen and oxygen atoms in total. The van der Waals surface area contributed by atoms with Gasteiger partial charge in [-0.3, -0.25) is 9.59 Å². The maximum absolute atomic E-state index is 11.9. The number of ether oxygens (including phenoxy) is 2. The van der Waals surface area contributed by atoms with Crippen LogP contribution in [0.5, 0.6) is 5.75 Å². The minimum Gasteiger partial charge on any atom is -0.484 e. The largest absolute Gasteiger partial charge is 0.484 e. The molecular weight excluding hydrogens is 343 g/mol. The zero-order chi connectivity index (χ0) is 15.8. The molecule has 0 radical (unpaired) electrons. The molecule has 2 atom stereocenters. The van der Waals surface area contributed by atoms with Crippen molar-refractivity contribution in [2.24, 2.45) is 0 Å². The van der Waals surface area contributed by atoms with E-state index < -0.39 is 0 Å². The summed E-state index contributed by atoms with van der Waals surface area (Å²) >= 11 is 5.78. The maximum Gasteiger partial charge on any atom is 0.293 e. The summed E-state index contributed by atoms with van der Waals surface area (Å²) in [5, 5.41) is 6.79. The molecule has 0 aromatic heterocycles. The fourth-order valence-electron chi connectivity index (χ4n) is 2.37. The van der Waals surface area contributed by atoms with Crippen molar-refractivity contribution >= 4 is 36.4 Å². The predicted octanol–water partition coefficient (Wildman–Crippen LogP) is 1.55. The molecule has 1 fully saturated rings. The molecule has 1 aromatic rings. The SMILES string of the molecule is Cl.O=COCC1CC(NC(=O)COc2ccc(Cl)cc2)CCN1. The molecule has 0 aliphatic carbocycles. The normalized spacial score (nSPS) is 20.0. The van der Waals surface area contributed by atoms with Crippen molar-refractivity contribution in [2.75, 3.05) is 19.8 Å². The highest BCUT2D eigenvalue weighted by atomic mass is 35.5. The van der Waals surface area contributed by atoms with Crippen LogP contribution in [0.4, 0.5) is 0 Å². The summed E-state index contributed by atoms with van der Waals surface area (Å²) in [5.41, 5.74) is 0. The third-order valence-corrected chi connectivity index (χ3v) is 3.66. The van der Waals surface area contributed by atoms with Crippen molar-refractivity contribution in [1.82, 2.24) is 10.6 Å². The number of hydrogen-bond acceptors (Lipinski definition) is 5. The molecular formula is C15H20Cl2N2O4. The van der Waals surface area contributed by atoms with Crippen molar-refractivity contribution in [2.45, 2.75) is 24.9 Å². The summed E-state index contributed by atoms with van der Waals surface area (Å²) in [6.45, 7) is 1.48. The van der Waals surface area contributed by atoms with Crippen LogP contribution >= 0.6 is 24.0 Å². The molecule has 2 unspecified atom stereocenters. The number of piperidine rings is 1. The highest BCUT2D eigenvalue weighted by molar-refractivity contribution is 6.30. The first-order valence-electron chi connectivity index (χ1n) is 7.13. The molecule has 2 N–H and O–H groups in total. The van der Waals surface area contributed by atoms with Crippen molar-refractivity contribution in [3.8, 4) is 5.75 Å². The Hall–Kier alpha value is -1.50. The lowest BCUT2D eigenvalue weighted by atomic mass is 10.00. The number of carbonyl (C=O) groups excluding carboxylic acids is 2. The van der Waals surface area contributed by atoms with Crippen LogP contribution in [0.2, 0.25) is 5.02 Å². The molecule has 1 aliphatic rings. The Morgan fingerprint density at radius 1 is 1.39 bits per heavy atom. The number of nitrogens with one attached hydrogen (secondary N) is 2. The van der Waals surface area contributed by atoms with Crippen molar-refractivity contribution in [3.63, 3.8) is 0 Å². The fraction of sp³-hybridized carbons (Fsp3) is 0.467. The van der Waals surface area contributed by atoms with Crippen molar-refractivity contribution < 1.29 is 19.1 Å². The lowest BCUT2D eigenvalue weighted by molar-refractivity contribution is -0.130. The van der Waals surface area contributed by atoms with Crippen LogP contribution in [0.25, 0.3) is 0 Å². The van der Waals surface area contributed by atoms with Crippen LogP contribution in [-0.4, -0.2) is 44.2 Å². The molecule has 0 spiro atoms. The van der Waals surface area contributed by atoms with Gasteiger partial charge in [0, 0.05) is 17.1 Å². The number of benzene rings is 1. The second-order valence-electron chi connectivity index (χ2n) is 5.11. The molecule has 0 bridgehead atoms. The standard InChI is InChI=1S/C15H19ClN2O4.ClH/c16-11-1-3-14(4-2-11)22-9-15(20)18-12-5-6-17-13(7-12)8-21-10-19;/h1-4,10,12-13,17H,5-9H2,(H,18,20);1H. The van der Waals surface area contributed by atoms with Gasteiger partial charge in [-0.25, -0.2) is 0 Å². The molecule has 2 rings (SSSR count). The quantitative estimate of drug-likeness (QED) is 0.719. The van der Waals surface area contributed by atoms with Gasteiger partial charge in [0.1, 0.15) is 12.4 Å². The molecule has 1 heterocycles. The van der Waals surface area contributed by atoms with E-state index in [1.165, 1.54) is 0 Å². The van der Waals surface area contributed by atoms with E-state index in [1.54, 1.807) is 24.3 Å². The minimum atomic E-state index is -0.170. The second kappa shape index (κ2) is 10.3. The highest BCUT2D eigenvalue weighted by Crippen LogP contribution is 2.15. The molecule has 1 aliphatic heterocycles. The topological polar surface area (TPSA) is 76.7 Å². The summed E-state index contributed by atoms with van der Waals surface area (Å²) in [7, 11) is 0. The summed E-state index contributed by atoms with van der Waals surface area (Å²) in [6.07, 6.45) is 1.56. The van der Waals surface area contributed by atoms with Crippen LogP contribution in [0, 0.1) is 0 Å². The van der Waals surface area contributed by atoms with E-state index in [4.69, 9.17) is 21.1 Å². The van der Waals surface area contributed by atoms with Crippen LogP contribution in [0.3, 0.4) is 0 Å². The van der Waals surface area contributed by atoms with E-state index >= 15 is 0 Å². The Kier molecular flexibility index (Phi) is 8.76. The molecule has 23 heavy (non-hydrogen) atoms. The van der Waals surface area contributed by atoms with E-state index in [0.29, 0.717) is 23.9 Å². The van der Waals surface area contributed by atoms with E-state index in [2.05, 4.69) is 10.6 Å². The molecule has 8 heteroatoms. The molecule has 1 amide bonds. The number of rotatable bonds is 7. The van der Waals surface area contributed by atoms with E-state index in [-0.39, 0.29) is 37.0 Å². The van der Waals surface area contributed by atoms with E-state index in [1.807, 2.05) is 0 Å². The summed E-state index contributed by atoms with van der Waals surface area (Å²) < 4.78 is 10.1. The second-order valence-corrected chi connectivity index (χ2v) is 5.55.